The number of aromatic nitrogens is 2. The molecule has 0 spiro atoms. The Morgan fingerprint density at radius 2 is 1.78 bits per heavy atom. The summed E-state index contributed by atoms with van der Waals surface area (Å²) in [5.74, 6) is -0.793. The van der Waals surface area contributed by atoms with Crippen molar-refractivity contribution in [2.45, 2.75) is 114 Å². The van der Waals surface area contributed by atoms with E-state index in [1.807, 2.05) is 0 Å². The van der Waals surface area contributed by atoms with Crippen LogP contribution >= 0.6 is 18.9 Å². The van der Waals surface area contributed by atoms with Crippen LogP contribution in [0.25, 0.3) is 0 Å². The van der Waals surface area contributed by atoms with Gasteiger partial charge in [0.05, 0.1) is 18.2 Å². The Labute approximate surface area is 307 Å². The highest BCUT2D eigenvalue weighted by Crippen LogP contribution is 2.50. The van der Waals surface area contributed by atoms with Gasteiger partial charge in [0.15, 0.2) is 6.29 Å². The number of nitrogens with zero attached hydrogens (tertiary/aromatic N) is 1. The molecule has 0 saturated carbocycles. The summed E-state index contributed by atoms with van der Waals surface area (Å²) in [6, 6.07) is 0.272. The second-order valence-corrected chi connectivity index (χ2v) is 16.0. The topological polar surface area (TPSA) is 232 Å². The van der Waals surface area contributed by atoms with Gasteiger partial charge in [0.25, 0.3) is 5.56 Å². The first-order valence-corrected chi connectivity index (χ1v) is 20.1. The van der Waals surface area contributed by atoms with Gasteiger partial charge in [-0.3, -0.25) is 19.1 Å². The van der Waals surface area contributed by atoms with Gasteiger partial charge in [-0.15, -0.1) is 0 Å². The molecule has 2 aliphatic rings. The Morgan fingerprint density at radius 1 is 1.06 bits per heavy atom. The number of rotatable bonds is 22. The van der Waals surface area contributed by atoms with Gasteiger partial charge >= 0.3 is 12.4 Å². The van der Waals surface area contributed by atoms with Crippen molar-refractivity contribution in [3.63, 3.8) is 0 Å². The number of nitrogens with one attached hydrogen (secondary N) is 3. The average Bonchev–Trinajstić information content (AvgIpc) is 3.40. The fraction of sp³-hybridized carbons (Fsp3) is 0.806. The summed E-state index contributed by atoms with van der Waals surface area (Å²) in [5, 5.41) is 35.8. The van der Waals surface area contributed by atoms with Crippen molar-refractivity contribution in [3.05, 3.63) is 33.1 Å². The number of carbonyl (C=O) groups is 1. The van der Waals surface area contributed by atoms with Crippen LogP contribution < -0.4 is 21.9 Å². The number of H-pyrrole nitrogens is 1. The molecule has 20 heteroatoms. The molecule has 0 bridgehead atoms. The molecule has 0 aliphatic carbocycles. The lowest BCUT2D eigenvalue weighted by Crippen LogP contribution is -2.64. The molecule has 1 aromatic rings. The highest BCUT2D eigenvalue weighted by molar-refractivity contribution is 8.07. The minimum atomic E-state index is -3.57. The van der Waals surface area contributed by atoms with Crippen molar-refractivity contribution in [1.82, 2.24) is 20.2 Å². The van der Waals surface area contributed by atoms with Crippen LogP contribution in [0.2, 0.25) is 0 Å². The molecule has 1 aromatic heterocycles. The molecule has 2 unspecified atom stereocenters. The molecular formula is C31H53N4O13PS2. The highest BCUT2D eigenvalue weighted by Gasteiger charge is 2.48. The van der Waals surface area contributed by atoms with Crippen LogP contribution in [-0.4, -0.2) is 124 Å². The quantitative estimate of drug-likeness (QED) is 0.0477. The Kier molecular flexibility index (Phi) is 18.7. The Morgan fingerprint density at radius 3 is 2.45 bits per heavy atom. The molecule has 17 nitrogen and oxygen atoms in total. The molecule has 2 saturated heterocycles. The van der Waals surface area contributed by atoms with Gasteiger partial charge in [-0.25, -0.2) is 4.79 Å². The number of aliphatic hydroxyl groups is 3. The van der Waals surface area contributed by atoms with Crippen LogP contribution in [0.3, 0.4) is 0 Å². The molecular weight excluding hydrogens is 731 g/mol. The lowest BCUT2D eigenvalue weighted by Gasteiger charge is -2.42. The third-order valence-corrected chi connectivity index (χ3v) is 10.8. The zero-order valence-electron chi connectivity index (χ0n) is 29.2. The maximum atomic E-state index is 12.6. The smallest absolute Gasteiger partial charge is 0.330 e. The van der Waals surface area contributed by atoms with E-state index < -0.39 is 79.6 Å². The van der Waals surface area contributed by atoms with Gasteiger partial charge < -0.3 is 58.8 Å². The van der Waals surface area contributed by atoms with Crippen LogP contribution in [0.5, 0.6) is 0 Å². The molecule has 7 N–H and O–H groups in total. The number of thiocarbonyl (C=S) groups is 1. The second-order valence-electron chi connectivity index (χ2n) is 12.6. The van der Waals surface area contributed by atoms with E-state index in [0.717, 1.165) is 50.1 Å². The fourth-order valence-electron chi connectivity index (χ4n) is 6.19. The molecule has 10 atom stereocenters. The van der Waals surface area contributed by atoms with Crippen molar-refractivity contribution in [3.8, 4) is 0 Å². The number of ether oxygens (including phenoxy) is 4. The Balaban J connectivity index is 1.37. The van der Waals surface area contributed by atoms with Crippen LogP contribution in [0.4, 0.5) is 0 Å². The summed E-state index contributed by atoms with van der Waals surface area (Å²) in [7, 11) is 2.78. The lowest BCUT2D eigenvalue weighted by molar-refractivity contribution is -0.270. The van der Waals surface area contributed by atoms with E-state index in [2.05, 4.69) is 15.6 Å². The van der Waals surface area contributed by atoms with Gasteiger partial charge in [-0.1, -0.05) is 37.9 Å². The van der Waals surface area contributed by atoms with E-state index in [4.69, 9.17) is 52.0 Å². The number of amides is 1. The third kappa shape index (κ3) is 13.6. The SMILES string of the molecule is COC[C@H]1O[C@@H](n2ccc(=O)[nH]c2=O)[C@@H](CCCCCCCNC(=S)CCCCO[C@@H]2O[C@H](CO)[C@H](O)[C@H](O)[C@H]2NC(C)=O)C1OP(O)(=S)OC. The highest BCUT2D eigenvalue weighted by atomic mass is 32.5. The van der Waals surface area contributed by atoms with Crippen LogP contribution in [0, 0.1) is 5.92 Å². The first-order valence-electron chi connectivity index (χ1n) is 17.1. The minimum absolute atomic E-state index is 0.135. The van der Waals surface area contributed by atoms with Gasteiger partial charge in [0.2, 0.25) is 5.91 Å². The third-order valence-electron chi connectivity index (χ3n) is 8.78. The Hall–Kier alpha value is -1.71. The molecule has 292 valence electrons. The van der Waals surface area contributed by atoms with Crippen molar-refractivity contribution < 1.29 is 53.0 Å². The van der Waals surface area contributed by atoms with Crippen LogP contribution in [-0.2, 0) is 44.6 Å². The van der Waals surface area contributed by atoms with Crippen LogP contribution in [0.1, 0.15) is 70.9 Å². The van der Waals surface area contributed by atoms with E-state index in [-0.39, 0.29) is 19.1 Å². The number of hydrogen-bond donors (Lipinski definition) is 7. The summed E-state index contributed by atoms with van der Waals surface area (Å²) in [5.41, 5.74) is -1.14. The summed E-state index contributed by atoms with van der Waals surface area (Å²) in [4.78, 5) is 49.3. The number of aromatic amines is 1. The molecule has 0 aromatic carbocycles. The zero-order valence-corrected chi connectivity index (χ0v) is 31.7. The van der Waals surface area contributed by atoms with Crippen molar-refractivity contribution in [2.75, 3.05) is 40.6 Å². The number of hydrogen-bond acceptors (Lipinski definition) is 14. The number of unbranched alkanes of at least 4 members (excludes halogenated alkanes) is 5. The van der Waals surface area contributed by atoms with E-state index in [0.29, 0.717) is 19.3 Å². The molecule has 3 heterocycles. The molecule has 2 aliphatic heterocycles. The molecule has 51 heavy (non-hydrogen) atoms. The van der Waals surface area contributed by atoms with Gasteiger partial charge in [0.1, 0.15) is 42.8 Å². The van der Waals surface area contributed by atoms with Crippen molar-refractivity contribution in [2.24, 2.45) is 5.92 Å². The fourth-order valence-corrected chi connectivity index (χ4v) is 7.42. The largest absolute Gasteiger partial charge is 0.394 e. The maximum absolute atomic E-state index is 12.6. The molecule has 3 rings (SSSR count). The first kappa shape index (κ1) is 43.7. The van der Waals surface area contributed by atoms with E-state index in [9.17, 15) is 34.6 Å². The summed E-state index contributed by atoms with van der Waals surface area (Å²) in [6.45, 7) is -1.66. The predicted octanol–water partition coefficient (Wildman–Crippen LogP) is 0.333. The standard InChI is InChI=1S/C31H53N4O13PS2/c1-19(37)33-25-27(40)26(39)21(17-36)47-30(25)45-16-10-8-12-24(50)32-14-9-6-4-5-7-11-20-28(48-49(42,51)44-3)22(18-43-2)46-29(20)35-15-13-23(38)34-31(35)41/h13,15,20-22,25-30,36,39-40H,4-12,14,16-18H2,1-3H3,(H,32,50)(H,33,37)(H,42,51)(H,34,38,41)/t20-,21+,22+,25+,26-,27+,28?,29+,30+,49?/m0/s1. The number of methoxy groups -OCH3 is 1. The van der Waals surface area contributed by atoms with Gasteiger partial charge in [-0.2, -0.15) is 0 Å². The monoisotopic (exact) mass is 784 g/mol. The number of carbonyl (C=O) groups excluding carboxylic acids is 1. The minimum Gasteiger partial charge on any atom is -0.394 e. The van der Waals surface area contributed by atoms with Crippen LogP contribution in [0.15, 0.2) is 21.9 Å². The van der Waals surface area contributed by atoms with E-state index >= 15 is 0 Å². The van der Waals surface area contributed by atoms with Gasteiger partial charge in [0, 0.05) is 52.5 Å². The van der Waals surface area contributed by atoms with Crippen molar-refractivity contribution >= 4 is 41.6 Å². The summed E-state index contributed by atoms with van der Waals surface area (Å²) < 4.78 is 35.0. The summed E-state index contributed by atoms with van der Waals surface area (Å²) in [6.07, 6.45) is 1.65. The van der Waals surface area contributed by atoms with Gasteiger partial charge in [-0.05, 0) is 43.9 Å². The number of aliphatic hydroxyl groups excluding tert-OH is 3. The zero-order chi connectivity index (χ0) is 37.6. The summed E-state index contributed by atoms with van der Waals surface area (Å²) >= 11 is 10.6. The molecule has 2 fully saturated rings. The van der Waals surface area contributed by atoms with E-state index in [1.54, 1.807) is 0 Å². The molecule has 0 radical (unpaired) electrons. The molecule has 1 amide bonds. The normalized spacial score (nSPS) is 29.0. The first-order chi connectivity index (χ1) is 24.3. The van der Waals surface area contributed by atoms with E-state index in [1.165, 1.54) is 38.0 Å². The second kappa shape index (κ2) is 21.9. The van der Waals surface area contributed by atoms with Crippen molar-refractivity contribution in [1.29, 1.82) is 0 Å². The predicted molar refractivity (Wildman–Crippen MR) is 192 cm³/mol. The lowest BCUT2D eigenvalue weighted by atomic mass is 9.93. The maximum Gasteiger partial charge on any atom is 0.330 e. The average molecular weight is 785 g/mol. The Bertz CT molecular complexity index is 1400.